The number of carboxylic acid groups (broad SMARTS) is 1. The van der Waals surface area contributed by atoms with Crippen molar-refractivity contribution < 1.29 is 18.3 Å². The van der Waals surface area contributed by atoms with Gasteiger partial charge in [-0.05, 0) is 47.0 Å². The van der Waals surface area contributed by atoms with Gasteiger partial charge in [-0.15, -0.1) is 0 Å². The molecule has 21 heavy (non-hydrogen) atoms. The molecule has 0 radical (unpaired) electrons. The highest BCUT2D eigenvalue weighted by Crippen LogP contribution is 2.38. The molecule has 1 aromatic carbocycles. The fraction of sp³-hybridized carbons (Fsp3) is 0.462. The van der Waals surface area contributed by atoms with Crippen LogP contribution in [0.15, 0.2) is 32.0 Å². The minimum Gasteiger partial charge on any atom is -0.481 e. The van der Waals surface area contributed by atoms with E-state index in [0.29, 0.717) is 21.8 Å². The highest BCUT2D eigenvalue weighted by atomic mass is 79.9. The van der Waals surface area contributed by atoms with Crippen molar-refractivity contribution >= 4 is 47.9 Å². The first kappa shape index (κ1) is 16.9. The molecule has 1 fully saturated rings. The zero-order chi connectivity index (χ0) is 15.8. The summed E-state index contributed by atoms with van der Waals surface area (Å²) in [6, 6.07) is 4.91. The summed E-state index contributed by atoms with van der Waals surface area (Å²) in [4.78, 5) is 11.6. The normalized spacial score (nSPS) is 23.4. The summed E-state index contributed by atoms with van der Waals surface area (Å²) < 4.78 is 27.8. The van der Waals surface area contributed by atoms with E-state index in [2.05, 4.69) is 31.9 Å². The molecule has 0 aliphatic carbocycles. The van der Waals surface area contributed by atoms with Crippen LogP contribution in [0.25, 0.3) is 0 Å². The molecule has 0 saturated carbocycles. The number of carbonyl (C=O) groups is 1. The second-order valence-corrected chi connectivity index (χ2v) is 8.78. The summed E-state index contributed by atoms with van der Waals surface area (Å²) in [5.41, 5.74) is -0.981. The van der Waals surface area contributed by atoms with Crippen molar-refractivity contribution in [3.8, 4) is 0 Å². The van der Waals surface area contributed by atoms with E-state index in [4.69, 9.17) is 0 Å². The van der Waals surface area contributed by atoms with Crippen molar-refractivity contribution in [3.63, 3.8) is 0 Å². The van der Waals surface area contributed by atoms with E-state index in [9.17, 15) is 18.3 Å². The highest BCUT2D eigenvalue weighted by Gasteiger charge is 2.47. The Hall–Kier alpha value is -0.440. The molecule has 1 aliphatic rings. The van der Waals surface area contributed by atoms with Gasteiger partial charge < -0.3 is 5.11 Å². The molecule has 1 aromatic rings. The standard InChI is InChI=1S/C13H15Br2NO4S/c1-2-13(12(17)18)5-6-16(8-13)21(19,20)11-7-9(14)3-4-10(11)15/h3-4,7H,2,5-6,8H2,1H3,(H,17,18). The summed E-state index contributed by atoms with van der Waals surface area (Å²) >= 11 is 6.50. The molecule has 1 unspecified atom stereocenters. The van der Waals surface area contributed by atoms with E-state index in [0.717, 1.165) is 0 Å². The third-order valence-electron chi connectivity index (χ3n) is 3.96. The SMILES string of the molecule is CCC1(C(=O)O)CCN(S(=O)(=O)c2cc(Br)ccc2Br)C1. The van der Waals surface area contributed by atoms with Crippen molar-refractivity contribution in [1.82, 2.24) is 4.31 Å². The first-order chi connectivity index (χ1) is 9.73. The maximum Gasteiger partial charge on any atom is 0.311 e. The van der Waals surface area contributed by atoms with Gasteiger partial charge in [0.1, 0.15) is 0 Å². The minimum absolute atomic E-state index is 0.0140. The number of sulfonamides is 1. The van der Waals surface area contributed by atoms with E-state index in [1.54, 1.807) is 19.1 Å². The van der Waals surface area contributed by atoms with Crippen LogP contribution in [0.1, 0.15) is 19.8 Å². The molecule has 2 rings (SSSR count). The molecule has 1 heterocycles. The van der Waals surface area contributed by atoms with Gasteiger partial charge in [-0.1, -0.05) is 22.9 Å². The smallest absolute Gasteiger partial charge is 0.311 e. The molecule has 0 spiro atoms. The van der Waals surface area contributed by atoms with Crippen LogP contribution in [0.2, 0.25) is 0 Å². The summed E-state index contributed by atoms with van der Waals surface area (Å²) in [5, 5.41) is 9.38. The van der Waals surface area contributed by atoms with Gasteiger partial charge in [0.05, 0.1) is 10.3 Å². The Bertz CT molecular complexity index is 677. The maximum atomic E-state index is 12.7. The van der Waals surface area contributed by atoms with Gasteiger partial charge in [-0.2, -0.15) is 4.31 Å². The van der Waals surface area contributed by atoms with E-state index >= 15 is 0 Å². The van der Waals surface area contributed by atoms with Crippen LogP contribution >= 0.6 is 31.9 Å². The van der Waals surface area contributed by atoms with Gasteiger partial charge in [0.2, 0.25) is 10.0 Å². The first-order valence-corrected chi connectivity index (χ1v) is 9.44. The predicted molar refractivity (Wildman–Crippen MR) is 85.6 cm³/mol. The first-order valence-electron chi connectivity index (χ1n) is 6.41. The van der Waals surface area contributed by atoms with Crippen molar-refractivity contribution in [2.75, 3.05) is 13.1 Å². The molecule has 1 saturated heterocycles. The van der Waals surface area contributed by atoms with Crippen molar-refractivity contribution in [2.45, 2.75) is 24.7 Å². The topological polar surface area (TPSA) is 74.7 Å². The summed E-state index contributed by atoms with van der Waals surface area (Å²) in [6.45, 7) is 2.01. The molecule has 5 nitrogen and oxygen atoms in total. The van der Waals surface area contributed by atoms with Gasteiger partial charge in [0, 0.05) is 22.0 Å². The Morgan fingerprint density at radius 3 is 2.62 bits per heavy atom. The highest BCUT2D eigenvalue weighted by molar-refractivity contribution is 9.11. The molecule has 0 aromatic heterocycles. The number of aliphatic carboxylic acids is 1. The lowest BCUT2D eigenvalue weighted by atomic mass is 9.85. The van der Waals surface area contributed by atoms with Crippen LogP contribution in [-0.4, -0.2) is 36.9 Å². The fourth-order valence-electron chi connectivity index (χ4n) is 2.47. The molecular weight excluding hydrogens is 426 g/mol. The number of hydrogen-bond donors (Lipinski definition) is 1. The lowest BCUT2D eigenvalue weighted by Crippen LogP contribution is -2.36. The molecule has 116 valence electrons. The Morgan fingerprint density at radius 1 is 1.43 bits per heavy atom. The lowest BCUT2D eigenvalue weighted by molar-refractivity contribution is -0.148. The minimum atomic E-state index is -3.71. The third kappa shape index (κ3) is 3.04. The second-order valence-electron chi connectivity index (χ2n) is 5.10. The average molecular weight is 441 g/mol. The van der Waals surface area contributed by atoms with Crippen LogP contribution in [-0.2, 0) is 14.8 Å². The second kappa shape index (κ2) is 5.98. The molecule has 1 N–H and O–H groups in total. The van der Waals surface area contributed by atoms with Gasteiger partial charge in [-0.3, -0.25) is 4.79 Å². The summed E-state index contributed by atoms with van der Waals surface area (Å²) in [5.74, 6) is -0.934. The number of carboxylic acids is 1. The number of halogens is 2. The largest absolute Gasteiger partial charge is 0.481 e. The fourth-order valence-corrected chi connectivity index (χ4v) is 5.46. The van der Waals surface area contributed by atoms with Crippen LogP contribution in [0.4, 0.5) is 0 Å². The molecular formula is C13H15Br2NO4S. The Labute approximate surface area is 140 Å². The number of rotatable bonds is 4. The van der Waals surface area contributed by atoms with Crippen LogP contribution in [0.5, 0.6) is 0 Å². The van der Waals surface area contributed by atoms with E-state index < -0.39 is 21.4 Å². The molecule has 1 aliphatic heterocycles. The van der Waals surface area contributed by atoms with Gasteiger partial charge in [-0.25, -0.2) is 8.42 Å². The number of nitrogens with zero attached hydrogens (tertiary/aromatic N) is 1. The third-order valence-corrected chi connectivity index (χ3v) is 7.29. The summed E-state index contributed by atoms with van der Waals surface area (Å²) in [7, 11) is -3.71. The Kier molecular flexibility index (Phi) is 4.82. The molecule has 8 heteroatoms. The quantitative estimate of drug-likeness (QED) is 0.780. The maximum absolute atomic E-state index is 12.7. The Morgan fingerprint density at radius 2 is 2.10 bits per heavy atom. The average Bonchev–Trinajstić information content (AvgIpc) is 2.88. The van der Waals surface area contributed by atoms with Crippen molar-refractivity contribution in [2.24, 2.45) is 5.41 Å². The molecule has 0 amide bonds. The van der Waals surface area contributed by atoms with Crippen molar-refractivity contribution in [3.05, 3.63) is 27.1 Å². The van der Waals surface area contributed by atoms with E-state index in [-0.39, 0.29) is 18.0 Å². The van der Waals surface area contributed by atoms with E-state index in [1.807, 2.05) is 0 Å². The lowest BCUT2D eigenvalue weighted by Gasteiger charge is -2.23. The zero-order valence-electron chi connectivity index (χ0n) is 11.3. The predicted octanol–water partition coefficient (Wildman–Crippen LogP) is 3.09. The van der Waals surface area contributed by atoms with Gasteiger partial charge >= 0.3 is 5.97 Å². The van der Waals surface area contributed by atoms with Gasteiger partial charge in [0.15, 0.2) is 0 Å². The molecule has 0 bridgehead atoms. The summed E-state index contributed by atoms with van der Waals surface area (Å²) in [6.07, 6.45) is 0.748. The number of benzene rings is 1. The zero-order valence-corrected chi connectivity index (χ0v) is 15.3. The molecule has 1 atom stereocenters. The van der Waals surface area contributed by atoms with Crippen LogP contribution in [0.3, 0.4) is 0 Å². The van der Waals surface area contributed by atoms with Crippen molar-refractivity contribution in [1.29, 1.82) is 0 Å². The number of hydrogen-bond acceptors (Lipinski definition) is 3. The van der Waals surface area contributed by atoms with Crippen LogP contribution in [0, 0.1) is 5.41 Å². The van der Waals surface area contributed by atoms with Gasteiger partial charge in [0.25, 0.3) is 0 Å². The van der Waals surface area contributed by atoms with Crippen LogP contribution < -0.4 is 0 Å². The monoisotopic (exact) mass is 439 g/mol. The van der Waals surface area contributed by atoms with E-state index in [1.165, 1.54) is 10.4 Å². The Balaban J connectivity index is 2.38.